The van der Waals surface area contributed by atoms with Gasteiger partial charge in [-0.15, -0.1) is 0 Å². The van der Waals surface area contributed by atoms with Crippen LogP contribution in [0.15, 0.2) is 47.6 Å². The van der Waals surface area contributed by atoms with Crippen LogP contribution >= 0.6 is 0 Å². The Balaban J connectivity index is 2.07. The molecule has 0 aliphatic heterocycles. The summed E-state index contributed by atoms with van der Waals surface area (Å²) in [5, 5.41) is 0. The van der Waals surface area contributed by atoms with E-state index >= 15 is 0 Å². The summed E-state index contributed by atoms with van der Waals surface area (Å²) in [5.74, 6) is 0. The molecule has 0 saturated heterocycles. The minimum atomic E-state index is -0.938. The molecule has 0 spiro atoms. The van der Waals surface area contributed by atoms with Gasteiger partial charge in [0.2, 0.25) is 0 Å². The number of hydrogen-bond acceptors (Lipinski definition) is 1. The molecule has 0 radical (unpaired) electrons. The maximum atomic E-state index is 5.49. The molecule has 0 bridgehead atoms. The quantitative estimate of drug-likeness (QED) is 0.706. The normalized spacial score (nSPS) is 19.0. The summed E-state index contributed by atoms with van der Waals surface area (Å²) in [5.41, 5.74) is 3.15. The van der Waals surface area contributed by atoms with Crippen LogP contribution in [0.25, 0.3) is 0 Å². The molecule has 1 nitrogen and oxygen atoms in total. The standard InChI is InChI=1S/C11H11.CH3O.Hf/c1-2-6-10(5-1)9-11-7-3-4-8-11;1-2;/h1-5,7,9H,6,8H2;1H3;/q;-1;+1. The summed E-state index contributed by atoms with van der Waals surface area (Å²) in [6.07, 6.45) is 15.6. The fourth-order valence-corrected chi connectivity index (χ4v) is 5.34. The zero-order chi connectivity index (χ0) is 9.80. The van der Waals surface area contributed by atoms with Crippen molar-refractivity contribution < 1.29 is 26.2 Å². The van der Waals surface area contributed by atoms with Gasteiger partial charge in [0.25, 0.3) is 0 Å². The molecule has 0 amide bonds. The van der Waals surface area contributed by atoms with Gasteiger partial charge in [-0.25, -0.2) is 0 Å². The predicted octanol–water partition coefficient (Wildman–Crippen LogP) is 3.19. The molecule has 0 fully saturated rings. The van der Waals surface area contributed by atoms with Crippen molar-refractivity contribution in [3.8, 4) is 0 Å². The van der Waals surface area contributed by atoms with Gasteiger partial charge in [-0.1, -0.05) is 0 Å². The van der Waals surface area contributed by atoms with Gasteiger partial charge in [0.05, 0.1) is 0 Å². The second-order valence-electron chi connectivity index (χ2n) is 3.50. The molecule has 14 heavy (non-hydrogen) atoms. The van der Waals surface area contributed by atoms with E-state index in [2.05, 4.69) is 36.5 Å². The molecule has 0 aromatic carbocycles. The molecule has 0 saturated carbocycles. The van der Waals surface area contributed by atoms with Gasteiger partial charge in [0, 0.05) is 0 Å². The summed E-state index contributed by atoms with van der Waals surface area (Å²) >= 11 is -0.938. The average molecular weight is 353 g/mol. The van der Waals surface area contributed by atoms with Crippen molar-refractivity contribution in [3.05, 3.63) is 47.6 Å². The summed E-state index contributed by atoms with van der Waals surface area (Å²) in [4.78, 5) is 0. The van der Waals surface area contributed by atoms with Gasteiger partial charge in [0.1, 0.15) is 0 Å². The van der Waals surface area contributed by atoms with Crippen molar-refractivity contribution >= 4 is 0 Å². The molecule has 0 N–H and O–H groups in total. The van der Waals surface area contributed by atoms with E-state index in [0.29, 0.717) is 3.67 Å². The Hall–Kier alpha value is -0.210. The SMILES string of the molecule is C[O][Hf][CH](C1=CC=CC1)C1=CC=CC1. The van der Waals surface area contributed by atoms with E-state index in [1.165, 1.54) is 0 Å². The van der Waals surface area contributed by atoms with Crippen LogP contribution in [0.2, 0.25) is 3.67 Å². The van der Waals surface area contributed by atoms with Crippen molar-refractivity contribution in [2.45, 2.75) is 16.5 Å². The summed E-state index contributed by atoms with van der Waals surface area (Å²) in [6, 6.07) is 0. The average Bonchev–Trinajstić information content (AvgIpc) is 2.87. The molecule has 0 unspecified atom stereocenters. The second-order valence-corrected chi connectivity index (χ2v) is 7.89. The second kappa shape index (κ2) is 5.04. The zero-order valence-corrected chi connectivity index (χ0v) is 12.0. The number of allylic oxidation sites excluding steroid dienone is 8. The van der Waals surface area contributed by atoms with E-state index in [0.717, 1.165) is 12.8 Å². The zero-order valence-electron chi connectivity index (χ0n) is 8.36. The summed E-state index contributed by atoms with van der Waals surface area (Å²) in [7, 11) is 1.86. The van der Waals surface area contributed by atoms with E-state index in [4.69, 9.17) is 2.85 Å². The molecular weight excluding hydrogens is 339 g/mol. The van der Waals surface area contributed by atoms with Crippen molar-refractivity contribution in [1.29, 1.82) is 0 Å². The van der Waals surface area contributed by atoms with E-state index < -0.39 is 23.3 Å². The molecule has 0 aromatic heterocycles. The van der Waals surface area contributed by atoms with E-state index in [1.807, 2.05) is 7.11 Å². The molecule has 0 aromatic rings. The van der Waals surface area contributed by atoms with Crippen LogP contribution in [0.5, 0.6) is 0 Å². The third kappa shape index (κ3) is 2.23. The summed E-state index contributed by atoms with van der Waals surface area (Å²) < 4.78 is 6.17. The molecule has 2 aliphatic carbocycles. The molecule has 0 heterocycles. The Bertz CT molecular complexity index is 293. The first-order chi connectivity index (χ1) is 6.92. The molecular formula is C12H14HfO. The Kier molecular flexibility index (Phi) is 3.71. The first kappa shape index (κ1) is 10.3. The Morgan fingerprint density at radius 3 is 2.07 bits per heavy atom. The molecule has 0 atom stereocenters. The first-order valence-corrected chi connectivity index (χ1v) is 8.45. The third-order valence-corrected chi connectivity index (χ3v) is 6.94. The Labute approximate surface area is 97.2 Å². The van der Waals surface area contributed by atoms with Crippen molar-refractivity contribution in [2.24, 2.45) is 0 Å². The van der Waals surface area contributed by atoms with E-state index in [9.17, 15) is 0 Å². The van der Waals surface area contributed by atoms with Gasteiger partial charge < -0.3 is 0 Å². The Morgan fingerprint density at radius 2 is 1.71 bits per heavy atom. The molecule has 72 valence electrons. The van der Waals surface area contributed by atoms with Crippen LogP contribution < -0.4 is 0 Å². The summed E-state index contributed by atoms with van der Waals surface area (Å²) in [6.45, 7) is 0. The van der Waals surface area contributed by atoms with Crippen LogP contribution in [0.1, 0.15) is 12.8 Å². The van der Waals surface area contributed by atoms with Gasteiger partial charge in [0.15, 0.2) is 0 Å². The van der Waals surface area contributed by atoms with Gasteiger partial charge in [-0.05, 0) is 0 Å². The number of hydrogen-bond donors (Lipinski definition) is 0. The molecule has 2 rings (SSSR count). The fraction of sp³-hybridized carbons (Fsp3) is 0.333. The van der Waals surface area contributed by atoms with E-state index in [1.54, 1.807) is 11.1 Å². The Morgan fingerprint density at radius 1 is 1.14 bits per heavy atom. The van der Waals surface area contributed by atoms with Gasteiger partial charge in [-0.3, -0.25) is 0 Å². The van der Waals surface area contributed by atoms with Crippen molar-refractivity contribution in [3.63, 3.8) is 0 Å². The van der Waals surface area contributed by atoms with E-state index in [-0.39, 0.29) is 0 Å². The monoisotopic (exact) mass is 354 g/mol. The molecule has 2 heteroatoms. The van der Waals surface area contributed by atoms with Gasteiger partial charge >= 0.3 is 97.4 Å². The van der Waals surface area contributed by atoms with Crippen LogP contribution in [0.3, 0.4) is 0 Å². The third-order valence-electron chi connectivity index (χ3n) is 2.58. The minimum absolute atomic E-state index is 0.685. The fourth-order valence-electron chi connectivity index (χ4n) is 1.86. The van der Waals surface area contributed by atoms with Crippen LogP contribution in [-0.2, 0) is 26.2 Å². The molecule has 2 aliphatic rings. The first-order valence-electron chi connectivity index (χ1n) is 4.91. The predicted molar refractivity (Wildman–Crippen MR) is 54.4 cm³/mol. The maximum absolute atomic E-state index is 5.49. The van der Waals surface area contributed by atoms with Crippen LogP contribution in [0, 0.1) is 0 Å². The van der Waals surface area contributed by atoms with Crippen LogP contribution in [-0.4, -0.2) is 7.11 Å². The topological polar surface area (TPSA) is 9.23 Å². The van der Waals surface area contributed by atoms with Crippen molar-refractivity contribution in [1.82, 2.24) is 0 Å². The number of rotatable bonds is 4. The van der Waals surface area contributed by atoms with Crippen molar-refractivity contribution in [2.75, 3.05) is 7.11 Å². The van der Waals surface area contributed by atoms with Gasteiger partial charge in [-0.2, -0.15) is 0 Å². The van der Waals surface area contributed by atoms with Crippen LogP contribution in [0.4, 0.5) is 0 Å².